The minimum absolute atomic E-state index is 0.0706. The van der Waals surface area contributed by atoms with Gasteiger partial charge in [-0.3, -0.25) is 9.59 Å². The van der Waals surface area contributed by atoms with Crippen LogP contribution in [0.25, 0.3) is 0 Å². The van der Waals surface area contributed by atoms with Crippen molar-refractivity contribution in [2.24, 2.45) is 5.92 Å². The Hall–Kier alpha value is -2.36. The maximum Gasteiger partial charge on any atom is 0.422 e. The van der Waals surface area contributed by atoms with Crippen LogP contribution in [0.3, 0.4) is 0 Å². The molecule has 1 aromatic heterocycles. The molecule has 2 aliphatic heterocycles. The number of hydrogen-bond donors (Lipinski definition) is 0. The first-order valence-electron chi connectivity index (χ1n) is 9.65. The molecule has 0 aliphatic carbocycles. The third-order valence-electron chi connectivity index (χ3n) is 5.31. The fraction of sp³-hybridized carbons (Fsp3) is 0.632. The molecule has 0 unspecified atom stereocenters. The predicted octanol–water partition coefficient (Wildman–Crippen LogP) is 1.65. The first-order valence-corrected chi connectivity index (χ1v) is 9.65. The lowest BCUT2D eigenvalue weighted by Crippen LogP contribution is -2.51. The van der Waals surface area contributed by atoms with Crippen molar-refractivity contribution in [3.63, 3.8) is 0 Å². The van der Waals surface area contributed by atoms with Crippen molar-refractivity contribution in [3.8, 4) is 5.88 Å². The van der Waals surface area contributed by atoms with E-state index in [1.807, 2.05) is 11.9 Å². The van der Waals surface area contributed by atoms with Gasteiger partial charge in [0.1, 0.15) is 0 Å². The Kier molecular flexibility index (Phi) is 6.61. The minimum atomic E-state index is -4.44. The van der Waals surface area contributed by atoms with E-state index >= 15 is 0 Å². The molecule has 10 heteroatoms. The normalized spacial score (nSPS) is 19.3. The quantitative estimate of drug-likeness (QED) is 0.750. The van der Waals surface area contributed by atoms with Gasteiger partial charge in [0.2, 0.25) is 11.8 Å². The van der Waals surface area contributed by atoms with Crippen LogP contribution in [0.4, 0.5) is 13.2 Å². The second-order valence-electron chi connectivity index (χ2n) is 7.48. The van der Waals surface area contributed by atoms with Crippen LogP contribution in [0.15, 0.2) is 18.3 Å². The molecule has 2 amide bonds. The molecular weight excluding hydrogens is 389 g/mol. The summed E-state index contributed by atoms with van der Waals surface area (Å²) < 4.78 is 41.1. The van der Waals surface area contributed by atoms with E-state index in [0.29, 0.717) is 25.9 Å². The second kappa shape index (κ2) is 8.98. The number of alkyl halides is 3. The molecule has 0 saturated carbocycles. The van der Waals surface area contributed by atoms with Gasteiger partial charge >= 0.3 is 6.18 Å². The summed E-state index contributed by atoms with van der Waals surface area (Å²) in [5, 5.41) is 0. The SMILES string of the molecule is CN1CCN(C(=O)C2CCN(C(=O)c3ccc(OCC(F)(F)F)nc3)CC2)CC1. The summed E-state index contributed by atoms with van der Waals surface area (Å²) in [4.78, 5) is 34.8. The van der Waals surface area contributed by atoms with Crippen LogP contribution in [-0.2, 0) is 4.79 Å². The van der Waals surface area contributed by atoms with Gasteiger partial charge in [0.25, 0.3) is 5.91 Å². The first kappa shape index (κ1) is 21.4. The summed E-state index contributed by atoms with van der Waals surface area (Å²) in [7, 11) is 2.04. The van der Waals surface area contributed by atoms with Crippen LogP contribution in [0.1, 0.15) is 23.2 Å². The Morgan fingerprint density at radius 3 is 2.28 bits per heavy atom. The lowest BCUT2D eigenvalue weighted by molar-refractivity contribution is -0.154. The summed E-state index contributed by atoms with van der Waals surface area (Å²) in [6.45, 7) is 2.73. The van der Waals surface area contributed by atoms with E-state index in [4.69, 9.17) is 0 Å². The number of pyridine rings is 1. The van der Waals surface area contributed by atoms with E-state index in [0.717, 1.165) is 26.2 Å². The van der Waals surface area contributed by atoms with Gasteiger partial charge in [0.15, 0.2) is 6.61 Å². The first-order chi connectivity index (χ1) is 13.7. The van der Waals surface area contributed by atoms with E-state index in [9.17, 15) is 22.8 Å². The highest BCUT2D eigenvalue weighted by Gasteiger charge is 2.32. The third-order valence-corrected chi connectivity index (χ3v) is 5.31. The summed E-state index contributed by atoms with van der Waals surface area (Å²) >= 11 is 0. The number of carbonyl (C=O) groups excluding carboxylic acids is 2. The van der Waals surface area contributed by atoms with Gasteiger partial charge in [-0.05, 0) is 26.0 Å². The van der Waals surface area contributed by atoms with Gasteiger partial charge < -0.3 is 19.4 Å². The highest BCUT2D eigenvalue weighted by molar-refractivity contribution is 5.94. The molecule has 7 nitrogen and oxygen atoms in total. The number of piperazine rings is 1. The standard InChI is InChI=1S/C19H25F3N4O3/c1-24-8-10-26(11-9-24)17(27)14-4-6-25(7-5-14)18(28)15-2-3-16(23-12-15)29-13-19(20,21)22/h2-3,12,14H,4-11,13H2,1H3. The highest BCUT2D eigenvalue weighted by atomic mass is 19.4. The molecule has 0 bridgehead atoms. The monoisotopic (exact) mass is 414 g/mol. The molecule has 1 aromatic rings. The van der Waals surface area contributed by atoms with Gasteiger partial charge in [0.05, 0.1) is 5.56 Å². The van der Waals surface area contributed by atoms with Gasteiger partial charge in [0, 0.05) is 57.4 Å². The zero-order valence-corrected chi connectivity index (χ0v) is 16.3. The Bertz CT molecular complexity index is 710. The molecule has 3 rings (SSSR count). The zero-order chi connectivity index (χ0) is 21.0. The number of carbonyl (C=O) groups is 2. The molecule has 160 valence electrons. The van der Waals surface area contributed by atoms with Crippen molar-refractivity contribution >= 4 is 11.8 Å². The average molecular weight is 414 g/mol. The number of likely N-dealkylation sites (tertiary alicyclic amines) is 1. The third kappa shape index (κ3) is 5.81. The Morgan fingerprint density at radius 1 is 1.07 bits per heavy atom. The van der Waals surface area contributed by atoms with Crippen molar-refractivity contribution in [2.45, 2.75) is 19.0 Å². The number of piperidine rings is 1. The maximum absolute atomic E-state index is 12.7. The smallest absolute Gasteiger partial charge is 0.422 e. The van der Waals surface area contributed by atoms with E-state index in [1.165, 1.54) is 18.3 Å². The van der Waals surface area contributed by atoms with Gasteiger partial charge in [-0.2, -0.15) is 13.2 Å². The zero-order valence-electron chi connectivity index (χ0n) is 16.3. The van der Waals surface area contributed by atoms with Gasteiger partial charge in [-0.1, -0.05) is 0 Å². The fourth-order valence-corrected chi connectivity index (χ4v) is 3.55. The van der Waals surface area contributed by atoms with Crippen LogP contribution < -0.4 is 4.74 Å². The largest absolute Gasteiger partial charge is 0.468 e. The number of aromatic nitrogens is 1. The van der Waals surface area contributed by atoms with Crippen LogP contribution >= 0.6 is 0 Å². The minimum Gasteiger partial charge on any atom is -0.468 e. The van der Waals surface area contributed by atoms with Crippen molar-refractivity contribution in [3.05, 3.63) is 23.9 Å². The molecule has 0 spiro atoms. The number of rotatable bonds is 4. The fourth-order valence-electron chi connectivity index (χ4n) is 3.55. The summed E-state index contributed by atoms with van der Waals surface area (Å²) in [5.41, 5.74) is 0.285. The van der Waals surface area contributed by atoms with E-state index < -0.39 is 12.8 Å². The van der Waals surface area contributed by atoms with Crippen molar-refractivity contribution < 1.29 is 27.5 Å². The maximum atomic E-state index is 12.7. The molecule has 0 radical (unpaired) electrons. The van der Waals surface area contributed by atoms with Crippen molar-refractivity contribution in [1.82, 2.24) is 19.7 Å². The second-order valence-corrected chi connectivity index (χ2v) is 7.48. The summed E-state index contributed by atoms with van der Waals surface area (Å²) in [5.74, 6) is -0.336. The molecule has 0 aromatic carbocycles. The Balaban J connectivity index is 1.49. The molecular formula is C19H25F3N4O3. The number of amides is 2. The van der Waals surface area contributed by atoms with Crippen molar-refractivity contribution in [1.29, 1.82) is 0 Å². The topological polar surface area (TPSA) is 66.0 Å². The number of halogens is 3. The molecule has 2 fully saturated rings. The number of nitrogens with zero attached hydrogens (tertiary/aromatic N) is 4. The Morgan fingerprint density at radius 2 is 1.72 bits per heavy atom. The molecule has 0 atom stereocenters. The van der Waals surface area contributed by atoms with E-state index in [-0.39, 0.29) is 29.2 Å². The average Bonchev–Trinajstić information content (AvgIpc) is 2.72. The van der Waals surface area contributed by atoms with Crippen LogP contribution in [-0.4, -0.2) is 90.6 Å². The van der Waals surface area contributed by atoms with E-state index in [2.05, 4.69) is 14.6 Å². The molecule has 29 heavy (non-hydrogen) atoms. The predicted molar refractivity (Wildman–Crippen MR) is 98.5 cm³/mol. The Labute approximate surface area is 167 Å². The molecule has 3 heterocycles. The van der Waals surface area contributed by atoms with Gasteiger partial charge in [-0.25, -0.2) is 4.98 Å². The van der Waals surface area contributed by atoms with Crippen molar-refractivity contribution in [2.75, 3.05) is 52.9 Å². The van der Waals surface area contributed by atoms with Crippen LogP contribution in [0, 0.1) is 5.92 Å². The summed E-state index contributed by atoms with van der Waals surface area (Å²) in [6.07, 6.45) is -2.01. The lowest BCUT2D eigenvalue weighted by Gasteiger charge is -2.37. The number of ether oxygens (including phenoxy) is 1. The molecule has 2 aliphatic rings. The highest BCUT2D eigenvalue weighted by Crippen LogP contribution is 2.22. The van der Waals surface area contributed by atoms with Crippen LogP contribution in [0.2, 0.25) is 0 Å². The number of hydrogen-bond acceptors (Lipinski definition) is 5. The molecule has 0 N–H and O–H groups in total. The van der Waals surface area contributed by atoms with Crippen LogP contribution in [0.5, 0.6) is 5.88 Å². The molecule has 2 saturated heterocycles. The van der Waals surface area contributed by atoms with Gasteiger partial charge in [-0.15, -0.1) is 0 Å². The lowest BCUT2D eigenvalue weighted by atomic mass is 9.94. The van der Waals surface area contributed by atoms with E-state index in [1.54, 1.807) is 4.90 Å². The summed E-state index contributed by atoms with van der Waals surface area (Å²) in [6, 6.07) is 2.66. The number of likely N-dealkylation sites (N-methyl/N-ethyl adjacent to an activating group) is 1.